The van der Waals surface area contributed by atoms with Crippen LogP contribution in [0.25, 0.3) is 0 Å². The van der Waals surface area contributed by atoms with Crippen LogP contribution in [0.4, 0.5) is 5.69 Å². The maximum Gasteiger partial charge on any atom is 0.355 e. The molecule has 0 spiro atoms. The van der Waals surface area contributed by atoms with Crippen molar-refractivity contribution in [3.8, 4) is 0 Å². The van der Waals surface area contributed by atoms with Gasteiger partial charge >= 0.3 is 5.97 Å². The first-order valence-corrected chi connectivity index (χ1v) is 6.11. The third-order valence-corrected chi connectivity index (χ3v) is 3.49. The fourth-order valence-corrected chi connectivity index (χ4v) is 2.23. The summed E-state index contributed by atoms with van der Waals surface area (Å²) in [7, 11) is 0. The Kier molecular flexibility index (Phi) is 3.13. The molecule has 3 N–H and O–H groups in total. The third kappa shape index (κ3) is 3.02. The molecular formula is C13H20N2O2. The van der Waals surface area contributed by atoms with Crippen LogP contribution in [-0.4, -0.2) is 17.1 Å². The molecule has 0 saturated heterocycles. The Morgan fingerprint density at radius 1 is 1.47 bits per heavy atom. The molecule has 0 amide bonds. The normalized spacial score (nSPS) is 20.1. The molecule has 4 nitrogen and oxygen atoms in total. The number of aromatic amines is 1. The number of carbonyl (C=O) groups excluding carboxylic acids is 1. The van der Waals surface area contributed by atoms with E-state index in [0.717, 1.165) is 25.7 Å². The lowest BCUT2D eigenvalue weighted by atomic mass is 9.76. The van der Waals surface area contributed by atoms with E-state index in [4.69, 9.17) is 10.5 Å². The lowest BCUT2D eigenvalue weighted by molar-refractivity contribution is 0.00898. The van der Waals surface area contributed by atoms with Crippen molar-refractivity contribution in [2.45, 2.75) is 45.6 Å². The number of nitrogen functional groups attached to an aromatic ring is 1. The van der Waals surface area contributed by atoms with E-state index < -0.39 is 0 Å². The third-order valence-electron chi connectivity index (χ3n) is 3.49. The number of ether oxygens (including phenoxy) is 1. The van der Waals surface area contributed by atoms with E-state index >= 15 is 0 Å². The van der Waals surface area contributed by atoms with Gasteiger partial charge in [-0.05, 0) is 37.2 Å². The number of aromatic nitrogens is 1. The molecule has 1 aliphatic rings. The van der Waals surface area contributed by atoms with Crippen molar-refractivity contribution < 1.29 is 9.53 Å². The second kappa shape index (κ2) is 4.43. The fraction of sp³-hybridized carbons (Fsp3) is 0.615. The van der Waals surface area contributed by atoms with E-state index in [9.17, 15) is 4.79 Å². The maximum atomic E-state index is 11.8. The van der Waals surface area contributed by atoms with Gasteiger partial charge < -0.3 is 15.5 Å². The van der Waals surface area contributed by atoms with E-state index in [-0.39, 0.29) is 12.1 Å². The molecule has 1 aromatic rings. The molecule has 0 unspecified atom stereocenters. The molecule has 1 fully saturated rings. The summed E-state index contributed by atoms with van der Waals surface area (Å²) in [5.41, 5.74) is 6.93. The molecular weight excluding hydrogens is 216 g/mol. The molecule has 1 aliphatic carbocycles. The van der Waals surface area contributed by atoms with Gasteiger partial charge in [0.05, 0.1) is 5.69 Å². The maximum absolute atomic E-state index is 11.8. The number of hydrogen-bond donors (Lipinski definition) is 2. The smallest absolute Gasteiger partial charge is 0.355 e. The number of rotatable bonds is 2. The van der Waals surface area contributed by atoms with Gasteiger partial charge in [-0.15, -0.1) is 0 Å². The highest BCUT2D eigenvalue weighted by Crippen LogP contribution is 2.36. The largest absolute Gasteiger partial charge is 0.458 e. The number of nitrogens with one attached hydrogen (secondary N) is 1. The number of anilines is 1. The SMILES string of the molecule is CC1(C)CCC(OC(=O)c2cc(N)c[nH]2)CC1. The van der Waals surface area contributed by atoms with Gasteiger partial charge in [-0.1, -0.05) is 13.8 Å². The van der Waals surface area contributed by atoms with Gasteiger partial charge in [-0.25, -0.2) is 4.79 Å². The molecule has 1 aromatic heterocycles. The summed E-state index contributed by atoms with van der Waals surface area (Å²) in [5.74, 6) is -0.300. The van der Waals surface area contributed by atoms with Crippen LogP contribution in [0.3, 0.4) is 0 Å². The van der Waals surface area contributed by atoms with Crippen LogP contribution < -0.4 is 5.73 Å². The van der Waals surface area contributed by atoms with Crippen molar-refractivity contribution in [2.75, 3.05) is 5.73 Å². The van der Waals surface area contributed by atoms with E-state index in [0.29, 0.717) is 16.8 Å². The Morgan fingerprint density at radius 3 is 2.65 bits per heavy atom. The molecule has 4 heteroatoms. The number of carbonyl (C=O) groups is 1. The summed E-state index contributed by atoms with van der Waals surface area (Å²) in [6.45, 7) is 4.52. The zero-order chi connectivity index (χ0) is 12.5. The van der Waals surface area contributed by atoms with Crippen LogP contribution in [0.2, 0.25) is 0 Å². The molecule has 0 bridgehead atoms. The van der Waals surface area contributed by atoms with Crippen molar-refractivity contribution in [3.05, 3.63) is 18.0 Å². The summed E-state index contributed by atoms with van der Waals surface area (Å²) in [4.78, 5) is 14.6. The Labute approximate surface area is 102 Å². The molecule has 1 saturated carbocycles. The Balaban J connectivity index is 1.88. The molecule has 0 aliphatic heterocycles. The second-order valence-electron chi connectivity index (χ2n) is 5.62. The minimum Gasteiger partial charge on any atom is -0.458 e. The van der Waals surface area contributed by atoms with Crippen LogP contribution in [0, 0.1) is 5.41 Å². The quantitative estimate of drug-likeness (QED) is 0.776. The Hall–Kier alpha value is -1.45. The number of H-pyrrole nitrogens is 1. The van der Waals surface area contributed by atoms with Crippen molar-refractivity contribution in [3.63, 3.8) is 0 Å². The van der Waals surface area contributed by atoms with Crippen LogP contribution in [0.1, 0.15) is 50.0 Å². The lowest BCUT2D eigenvalue weighted by Crippen LogP contribution is -2.28. The van der Waals surface area contributed by atoms with Crippen LogP contribution >= 0.6 is 0 Å². The molecule has 1 heterocycles. The minimum absolute atomic E-state index is 0.0556. The van der Waals surface area contributed by atoms with E-state index in [1.165, 1.54) is 0 Å². The number of esters is 1. The summed E-state index contributed by atoms with van der Waals surface area (Å²) in [5, 5.41) is 0. The predicted octanol–water partition coefficient (Wildman–Crippen LogP) is 2.72. The van der Waals surface area contributed by atoms with Gasteiger partial charge in [0, 0.05) is 6.20 Å². The van der Waals surface area contributed by atoms with Gasteiger partial charge in [0.25, 0.3) is 0 Å². The minimum atomic E-state index is -0.300. The summed E-state index contributed by atoms with van der Waals surface area (Å²) >= 11 is 0. The number of hydrogen-bond acceptors (Lipinski definition) is 3. The van der Waals surface area contributed by atoms with Crippen molar-refractivity contribution in [1.82, 2.24) is 4.98 Å². The van der Waals surface area contributed by atoms with Gasteiger partial charge in [0.1, 0.15) is 11.8 Å². The average molecular weight is 236 g/mol. The molecule has 17 heavy (non-hydrogen) atoms. The van der Waals surface area contributed by atoms with Crippen molar-refractivity contribution >= 4 is 11.7 Å². The highest BCUT2D eigenvalue weighted by atomic mass is 16.5. The van der Waals surface area contributed by atoms with Crippen molar-refractivity contribution in [1.29, 1.82) is 0 Å². The Bertz CT molecular complexity index is 399. The molecule has 94 valence electrons. The van der Waals surface area contributed by atoms with E-state index in [2.05, 4.69) is 18.8 Å². The van der Waals surface area contributed by atoms with E-state index in [1.54, 1.807) is 12.3 Å². The van der Waals surface area contributed by atoms with E-state index in [1.807, 2.05) is 0 Å². The summed E-state index contributed by atoms with van der Waals surface area (Å²) in [6, 6.07) is 1.61. The first-order valence-electron chi connectivity index (χ1n) is 6.11. The van der Waals surface area contributed by atoms with Gasteiger partial charge in [-0.2, -0.15) is 0 Å². The highest BCUT2D eigenvalue weighted by molar-refractivity contribution is 5.88. The number of nitrogens with two attached hydrogens (primary N) is 1. The standard InChI is InChI=1S/C13H20N2O2/c1-13(2)5-3-10(4-6-13)17-12(16)11-7-9(14)8-15-11/h7-8,10,15H,3-6,14H2,1-2H3. The van der Waals surface area contributed by atoms with Gasteiger partial charge in [-0.3, -0.25) is 0 Å². The second-order valence-corrected chi connectivity index (χ2v) is 5.62. The van der Waals surface area contributed by atoms with Crippen LogP contribution in [0.5, 0.6) is 0 Å². The molecule has 0 aromatic carbocycles. The van der Waals surface area contributed by atoms with Gasteiger partial charge in [0.2, 0.25) is 0 Å². The monoisotopic (exact) mass is 236 g/mol. The first-order chi connectivity index (χ1) is 7.96. The fourth-order valence-electron chi connectivity index (χ4n) is 2.23. The van der Waals surface area contributed by atoms with Crippen LogP contribution in [0.15, 0.2) is 12.3 Å². The predicted molar refractivity (Wildman–Crippen MR) is 66.7 cm³/mol. The topological polar surface area (TPSA) is 68.1 Å². The van der Waals surface area contributed by atoms with Crippen molar-refractivity contribution in [2.24, 2.45) is 5.41 Å². The summed E-state index contributed by atoms with van der Waals surface area (Å²) in [6.07, 6.45) is 5.78. The molecule has 0 atom stereocenters. The van der Waals surface area contributed by atoms with Crippen LogP contribution in [-0.2, 0) is 4.74 Å². The highest BCUT2D eigenvalue weighted by Gasteiger charge is 2.29. The molecule has 2 rings (SSSR count). The molecule has 0 radical (unpaired) electrons. The van der Waals surface area contributed by atoms with Gasteiger partial charge in [0.15, 0.2) is 0 Å². The Morgan fingerprint density at radius 2 is 2.12 bits per heavy atom. The summed E-state index contributed by atoms with van der Waals surface area (Å²) < 4.78 is 5.46. The lowest BCUT2D eigenvalue weighted by Gasteiger charge is -2.33. The zero-order valence-corrected chi connectivity index (χ0v) is 10.5. The first kappa shape index (κ1) is 12.0. The average Bonchev–Trinajstić information content (AvgIpc) is 2.68. The zero-order valence-electron chi connectivity index (χ0n) is 10.5.